The number of halogens is 3. The third-order valence-corrected chi connectivity index (χ3v) is 6.42. The van der Waals surface area contributed by atoms with Gasteiger partial charge in [-0.15, -0.1) is 11.8 Å². The average molecular weight is 515 g/mol. The number of alkyl halides is 3. The van der Waals surface area contributed by atoms with Crippen molar-refractivity contribution in [3.05, 3.63) is 89.6 Å². The Kier molecular flexibility index (Phi) is 7.31. The molecule has 1 unspecified atom stereocenters. The third-order valence-electron chi connectivity index (χ3n) is 5.14. The van der Waals surface area contributed by atoms with Gasteiger partial charge in [0.05, 0.1) is 22.0 Å². The molecule has 188 valence electrons. The van der Waals surface area contributed by atoms with Gasteiger partial charge in [0, 0.05) is 10.3 Å². The quantitative estimate of drug-likeness (QED) is 0.209. The van der Waals surface area contributed by atoms with Crippen molar-refractivity contribution >= 4 is 28.6 Å². The Balaban J connectivity index is 1.56. The highest BCUT2D eigenvalue weighted by atomic mass is 32.2. The molecule has 0 saturated carbocycles. The second-order valence-corrected chi connectivity index (χ2v) is 10.3. The molecule has 9 heteroatoms. The number of aromatic amines is 1. The largest absolute Gasteiger partial charge is 0.482 e. The molecular weight excluding hydrogens is 489 g/mol. The number of para-hydroxylation sites is 1. The van der Waals surface area contributed by atoms with Crippen LogP contribution in [0.5, 0.6) is 5.75 Å². The summed E-state index contributed by atoms with van der Waals surface area (Å²) in [6, 6.07) is 19.9. The zero-order valence-electron chi connectivity index (χ0n) is 19.9. The first-order chi connectivity index (χ1) is 17.0. The van der Waals surface area contributed by atoms with Crippen LogP contribution in [0, 0.1) is 0 Å². The van der Waals surface area contributed by atoms with Crippen LogP contribution in [0.15, 0.2) is 77.7 Å². The van der Waals surface area contributed by atoms with Crippen LogP contribution in [0.3, 0.4) is 0 Å². The highest BCUT2D eigenvalue weighted by Crippen LogP contribution is 2.43. The molecule has 4 rings (SSSR count). The van der Waals surface area contributed by atoms with E-state index >= 15 is 0 Å². The minimum Gasteiger partial charge on any atom is -0.482 e. The summed E-state index contributed by atoms with van der Waals surface area (Å²) in [6.07, 6.45) is -4.41. The van der Waals surface area contributed by atoms with Gasteiger partial charge in [0.2, 0.25) is 0 Å². The highest BCUT2D eigenvalue weighted by Gasteiger charge is 2.31. The minimum atomic E-state index is -4.41. The fraction of sp³-hybridized carbons (Fsp3) is 0.259. The molecule has 0 bridgehead atoms. The maximum atomic E-state index is 13.1. The zero-order valence-corrected chi connectivity index (χ0v) is 20.7. The van der Waals surface area contributed by atoms with Gasteiger partial charge in [-0.05, 0) is 68.8 Å². The van der Waals surface area contributed by atoms with E-state index in [2.05, 4.69) is 10.2 Å². The summed E-state index contributed by atoms with van der Waals surface area (Å²) in [6.45, 7) is 5.14. The highest BCUT2D eigenvalue weighted by molar-refractivity contribution is 7.99. The lowest BCUT2D eigenvalue weighted by Crippen LogP contribution is -2.27. The van der Waals surface area contributed by atoms with E-state index in [0.717, 1.165) is 33.6 Å². The molecular formula is C27H25F3N2O3S. The number of fused-ring (bicyclic) bond motifs is 1. The molecule has 0 radical (unpaired) electrons. The van der Waals surface area contributed by atoms with Crippen molar-refractivity contribution in [3.8, 4) is 5.75 Å². The van der Waals surface area contributed by atoms with Crippen LogP contribution in [-0.4, -0.2) is 28.4 Å². The molecule has 0 aliphatic carbocycles. The summed E-state index contributed by atoms with van der Waals surface area (Å²) in [5.74, 6) is 0.0373. The zero-order chi connectivity index (χ0) is 25.9. The summed E-state index contributed by atoms with van der Waals surface area (Å²) < 4.78 is 50.1. The molecule has 1 atom stereocenters. The van der Waals surface area contributed by atoms with Gasteiger partial charge in [0.1, 0.15) is 11.4 Å². The van der Waals surface area contributed by atoms with E-state index in [1.807, 2.05) is 36.4 Å². The first-order valence-corrected chi connectivity index (χ1v) is 12.1. The summed E-state index contributed by atoms with van der Waals surface area (Å²) in [7, 11) is 0. The van der Waals surface area contributed by atoms with Crippen molar-refractivity contribution in [2.24, 2.45) is 0 Å². The van der Waals surface area contributed by atoms with E-state index < -0.39 is 23.3 Å². The second kappa shape index (κ2) is 10.3. The van der Waals surface area contributed by atoms with Gasteiger partial charge >= 0.3 is 12.1 Å². The molecule has 0 aliphatic heterocycles. The monoisotopic (exact) mass is 514 g/mol. The fourth-order valence-corrected chi connectivity index (χ4v) is 4.73. The number of ether oxygens (including phenoxy) is 2. The summed E-state index contributed by atoms with van der Waals surface area (Å²) in [4.78, 5) is 12.8. The van der Waals surface area contributed by atoms with Crippen LogP contribution in [0.4, 0.5) is 13.2 Å². The number of carbonyl (C=O) groups is 1. The van der Waals surface area contributed by atoms with Gasteiger partial charge < -0.3 is 9.47 Å². The Bertz CT molecular complexity index is 1330. The number of thioether (sulfide) groups is 1. The molecule has 0 amide bonds. The molecule has 3 aromatic carbocycles. The number of benzene rings is 3. The van der Waals surface area contributed by atoms with Crippen LogP contribution in [0.2, 0.25) is 0 Å². The van der Waals surface area contributed by atoms with E-state index in [4.69, 9.17) is 9.47 Å². The normalized spacial score (nSPS) is 12.9. The van der Waals surface area contributed by atoms with Crippen molar-refractivity contribution in [2.75, 3.05) is 6.61 Å². The van der Waals surface area contributed by atoms with Crippen LogP contribution in [0.1, 0.15) is 42.8 Å². The molecule has 0 aliphatic rings. The number of H-pyrrole nitrogens is 1. The second-order valence-electron chi connectivity index (χ2n) is 9.12. The summed E-state index contributed by atoms with van der Waals surface area (Å²) >= 11 is 1.46. The summed E-state index contributed by atoms with van der Waals surface area (Å²) in [5.41, 5.74) is 0.963. The Morgan fingerprint density at radius 2 is 1.64 bits per heavy atom. The standard InChI is InChI=1S/C27H25F3N2O3S/c1-26(2,3)35-23(33)16-34-19-12-14-20(15-13-19)36-25(17-8-10-18(11-9-17)27(28,29)30)24-21-6-4-5-7-22(21)31-32-24/h4-15,25H,16H2,1-3H3,(H,31,32). The minimum absolute atomic E-state index is 0.211. The number of nitrogens with one attached hydrogen (secondary N) is 1. The number of aromatic nitrogens is 2. The fourth-order valence-electron chi connectivity index (χ4n) is 3.58. The van der Waals surface area contributed by atoms with E-state index in [-0.39, 0.29) is 11.9 Å². The van der Waals surface area contributed by atoms with Crippen LogP contribution in [0.25, 0.3) is 10.9 Å². The first kappa shape index (κ1) is 25.6. The smallest absolute Gasteiger partial charge is 0.416 e. The Morgan fingerprint density at radius 1 is 0.972 bits per heavy atom. The van der Waals surface area contributed by atoms with Crippen molar-refractivity contribution in [3.63, 3.8) is 0 Å². The lowest BCUT2D eigenvalue weighted by Gasteiger charge is -2.19. The van der Waals surface area contributed by atoms with Crippen molar-refractivity contribution in [1.29, 1.82) is 0 Å². The van der Waals surface area contributed by atoms with E-state index in [0.29, 0.717) is 11.3 Å². The number of carbonyl (C=O) groups excluding carboxylic acids is 1. The van der Waals surface area contributed by atoms with Gasteiger partial charge in [0.25, 0.3) is 0 Å². The number of hydrogen-bond donors (Lipinski definition) is 1. The predicted octanol–water partition coefficient (Wildman–Crippen LogP) is 7.18. The van der Waals surface area contributed by atoms with Crippen LogP contribution < -0.4 is 4.74 Å². The van der Waals surface area contributed by atoms with Gasteiger partial charge in [0.15, 0.2) is 6.61 Å². The van der Waals surface area contributed by atoms with Crippen molar-refractivity contribution < 1.29 is 27.4 Å². The number of esters is 1. The summed E-state index contributed by atoms with van der Waals surface area (Å²) in [5, 5.41) is 8.03. The van der Waals surface area contributed by atoms with Crippen molar-refractivity contribution in [2.45, 2.75) is 42.7 Å². The van der Waals surface area contributed by atoms with E-state index in [1.54, 1.807) is 32.9 Å². The van der Waals surface area contributed by atoms with E-state index in [1.165, 1.54) is 23.9 Å². The van der Waals surface area contributed by atoms with Gasteiger partial charge in [-0.1, -0.05) is 30.3 Å². The average Bonchev–Trinajstić information content (AvgIpc) is 3.24. The lowest BCUT2D eigenvalue weighted by molar-refractivity contribution is -0.157. The third kappa shape index (κ3) is 6.40. The van der Waals surface area contributed by atoms with Gasteiger partial charge in [-0.3, -0.25) is 5.10 Å². The molecule has 1 aromatic heterocycles. The first-order valence-electron chi connectivity index (χ1n) is 11.2. The number of rotatable bonds is 7. The van der Waals surface area contributed by atoms with E-state index in [9.17, 15) is 18.0 Å². The molecule has 0 spiro atoms. The molecule has 36 heavy (non-hydrogen) atoms. The molecule has 1 heterocycles. The molecule has 1 N–H and O–H groups in total. The predicted molar refractivity (Wildman–Crippen MR) is 133 cm³/mol. The maximum Gasteiger partial charge on any atom is 0.416 e. The van der Waals surface area contributed by atoms with Crippen LogP contribution >= 0.6 is 11.8 Å². The maximum absolute atomic E-state index is 13.1. The molecule has 5 nitrogen and oxygen atoms in total. The van der Waals surface area contributed by atoms with Gasteiger partial charge in [-0.25, -0.2) is 4.79 Å². The molecule has 4 aromatic rings. The van der Waals surface area contributed by atoms with Crippen molar-refractivity contribution in [1.82, 2.24) is 10.2 Å². The Hall–Kier alpha value is -3.46. The Morgan fingerprint density at radius 3 is 2.28 bits per heavy atom. The molecule has 0 saturated heterocycles. The lowest BCUT2D eigenvalue weighted by atomic mass is 10.0. The number of nitrogens with zero attached hydrogens (tertiary/aromatic N) is 1. The van der Waals surface area contributed by atoms with Gasteiger partial charge in [-0.2, -0.15) is 18.3 Å². The number of hydrogen-bond acceptors (Lipinski definition) is 5. The van der Waals surface area contributed by atoms with Crippen LogP contribution in [-0.2, 0) is 15.7 Å². The SMILES string of the molecule is CC(C)(C)OC(=O)COc1ccc(SC(c2ccc(C(F)(F)F)cc2)c2n[nH]c3ccccc23)cc1. The topological polar surface area (TPSA) is 64.2 Å². The molecule has 0 fully saturated rings. The Labute approximate surface area is 211 Å².